The Kier molecular flexibility index (Phi) is 2.68. The van der Waals surface area contributed by atoms with Crippen molar-refractivity contribution in [2.75, 3.05) is 12.4 Å². The smallest absolute Gasteiger partial charge is 0.183 e. The molecule has 2 aromatic rings. The molecule has 1 aromatic heterocycles. The number of nitrogens with one attached hydrogen (secondary N) is 1. The minimum absolute atomic E-state index is 0.202. The second-order valence-electron chi connectivity index (χ2n) is 3.16. The average Bonchev–Trinajstić information content (AvgIpc) is 2.60. The zero-order chi connectivity index (χ0) is 10.8. The van der Waals surface area contributed by atoms with Crippen LogP contribution in [0.15, 0.2) is 24.3 Å². The van der Waals surface area contributed by atoms with E-state index in [0.717, 1.165) is 15.7 Å². The highest BCUT2D eigenvalue weighted by atomic mass is 32.1. The molecule has 0 amide bonds. The van der Waals surface area contributed by atoms with Gasteiger partial charge in [0.15, 0.2) is 5.13 Å². The first-order chi connectivity index (χ1) is 7.22. The summed E-state index contributed by atoms with van der Waals surface area (Å²) >= 11 is 1.46. The summed E-state index contributed by atoms with van der Waals surface area (Å²) in [4.78, 5) is 5.17. The molecule has 0 radical (unpaired) electrons. The van der Waals surface area contributed by atoms with Crippen LogP contribution < -0.4 is 5.32 Å². The van der Waals surface area contributed by atoms with Crippen molar-refractivity contribution < 1.29 is 4.39 Å². The molecule has 15 heavy (non-hydrogen) atoms. The molecule has 0 saturated heterocycles. The van der Waals surface area contributed by atoms with Crippen LogP contribution in [0.3, 0.4) is 0 Å². The Hall–Kier alpha value is -1.42. The van der Waals surface area contributed by atoms with Crippen molar-refractivity contribution in [3.63, 3.8) is 0 Å². The summed E-state index contributed by atoms with van der Waals surface area (Å²) in [6.07, 6.45) is 0. The number of aromatic nitrogens is 1. The molecule has 0 aliphatic heterocycles. The molecule has 0 aliphatic rings. The van der Waals surface area contributed by atoms with Gasteiger partial charge in [0.05, 0.1) is 10.6 Å². The molecule has 0 atom stereocenters. The number of rotatable bonds is 2. The van der Waals surface area contributed by atoms with E-state index in [0.29, 0.717) is 5.56 Å². The highest BCUT2D eigenvalue weighted by molar-refractivity contribution is 7.19. The SMILES string of the molecule is CNc1nc(C)c(-c2ccccc2F)s1. The number of hydrogen-bond acceptors (Lipinski definition) is 3. The quantitative estimate of drug-likeness (QED) is 0.843. The Bertz CT molecular complexity index is 479. The van der Waals surface area contributed by atoms with Crippen LogP contribution in [0, 0.1) is 12.7 Å². The minimum atomic E-state index is -0.202. The lowest BCUT2D eigenvalue weighted by Crippen LogP contribution is -1.85. The van der Waals surface area contributed by atoms with Gasteiger partial charge in [0.1, 0.15) is 5.82 Å². The fourth-order valence-corrected chi connectivity index (χ4v) is 2.35. The van der Waals surface area contributed by atoms with Crippen LogP contribution in [0.5, 0.6) is 0 Å². The molecular weight excluding hydrogens is 211 g/mol. The Balaban J connectivity index is 2.54. The van der Waals surface area contributed by atoms with Gasteiger partial charge in [0.2, 0.25) is 0 Å². The first-order valence-corrected chi connectivity index (χ1v) is 5.44. The minimum Gasteiger partial charge on any atom is -0.365 e. The molecule has 0 aliphatic carbocycles. The largest absolute Gasteiger partial charge is 0.365 e. The number of aryl methyl sites for hydroxylation is 1. The molecule has 1 aromatic carbocycles. The van der Waals surface area contributed by atoms with Crippen LogP contribution in [0.25, 0.3) is 10.4 Å². The maximum Gasteiger partial charge on any atom is 0.183 e. The van der Waals surface area contributed by atoms with Crippen LogP contribution >= 0.6 is 11.3 Å². The maximum atomic E-state index is 13.5. The number of hydrogen-bond donors (Lipinski definition) is 1. The van der Waals surface area contributed by atoms with Gasteiger partial charge in [-0.25, -0.2) is 9.37 Å². The molecule has 0 saturated carbocycles. The summed E-state index contributed by atoms with van der Waals surface area (Å²) in [6, 6.07) is 6.76. The molecule has 2 rings (SSSR count). The molecule has 1 N–H and O–H groups in total. The highest BCUT2D eigenvalue weighted by Gasteiger charge is 2.11. The molecule has 78 valence electrons. The summed E-state index contributed by atoms with van der Waals surface area (Å²) < 4.78 is 13.5. The Morgan fingerprint density at radius 2 is 2.07 bits per heavy atom. The van der Waals surface area contributed by atoms with Gasteiger partial charge in [-0.3, -0.25) is 0 Å². The maximum absolute atomic E-state index is 13.5. The van der Waals surface area contributed by atoms with E-state index in [4.69, 9.17) is 0 Å². The van der Waals surface area contributed by atoms with Gasteiger partial charge in [0, 0.05) is 12.6 Å². The fourth-order valence-electron chi connectivity index (χ4n) is 1.40. The Morgan fingerprint density at radius 1 is 1.33 bits per heavy atom. The second-order valence-corrected chi connectivity index (χ2v) is 4.16. The van der Waals surface area contributed by atoms with Crippen LogP contribution in [-0.2, 0) is 0 Å². The van der Waals surface area contributed by atoms with Crippen LogP contribution in [0.4, 0.5) is 9.52 Å². The van der Waals surface area contributed by atoms with Crippen molar-refractivity contribution in [2.24, 2.45) is 0 Å². The Morgan fingerprint density at radius 3 is 2.67 bits per heavy atom. The van der Waals surface area contributed by atoms with Gasteiger partial charge < -0.3 is 5.32 Å². The summed E-state index contributed by atoms with van der Waals surface area (Å²) in [5.74, 6) is -0.202. The third-order valence-corrected chi connectivity index (χ3v) is 3.34. The average molecular weight is 222 g/mol. The topological polar surface area (TPSA) is 24.9 Å². The number of halogens is 1. The summed E-state index contributed by atoms with van der Waals surface area (Å²) in [6.45, 7) is 1.89. The zero-order valence-corrected chi connectivity index (χ0v) is 9.36. The molecule has 0 unspecified atom stereocenters. The van der Waals surface area contributed by atoms with Crippen molar-refractivity contribution in [1.29, 1.82) is 0 Å². The van der Waals surface area contributed by atoms with Crippen molar-refractivity contribution in [3.05, 3.63) is 35.8 Å². The van der Waals surface area contributed by atoms with E-state index >= 15 is 0 Å². The molecule has 0 spiro atoms. The third-order valence-electron chi connectivity index (χ3n) is 2.13. The highest BCUT2D eigenvalue weighted by Crippen LogP contribution is 2.33. The molecule has 4 heteroatoms. The van der Waals surface area contributed by atoms with E-state index in [1.807, 2.05) is 20.0 Å². The number of benzene rings is 1. The van der Waals surface area contributed by atoms with Crippen molar-refractivity contribution >= 4 is 16.5 Å². The van der Waals surface area contributed by atoms with Crippen molar-refractivity contribution in [2.45, 2.75) is 6.92 Å². The van der Waals surface area contributed by atoms with Gasteiger partial charge in [0.25, 0.3) is 0 Å². The van der Waals surface area contributed by atoms with Gasteiger partial charge in [-0.2, -0.15) is 0 Å². The monoisotopic (exact) mass is 222 g/mol. The lowest BCUT2D eigenvalue weighted by atomic mass is 10.1. The molecule has 1 heterocycles. The number of thiazole rings is 1. The van der Waals surface area contributed by atoms with E-state index in [1.54, 1.807) is 12.1 Å². The predicted octanol–water partition coefficient (Wildman–Crippen LogP) is 3.30. The van der Waals surface area contributed by atoms with Crippen LogP contribution in [0.1, 0.15) is 5.69 Å². The summed E-state index contributed by atoms with van der Waals surface area (Å²) in [5.41, 5.74) is 1.48. The van der Waals surface area contributed by atoms with Gasteiger partial charge in [-0.15, -0.1) is 0 Å². The third kappa shape index (κ3) is 1.85. The first-order valence-electron chi connectivity index (χ1n) is 4.62. The fraction of sp³-hybridized carbons (Fsp3) is 0.182. The molecular formula is C11H11FN2S. The Labute approximate surface area is 91.8 Å². The van der Waals surface area contributed by atoms with Gasteiger partial charge in [-0.1, -0.05) is 29.5 Å². The predicted molar refractivity (Wildman–Crippen MR) is 61.8 cm³/mol. The van der Waals surface area contributed by atoms with Gasteiger partial charge in [-0.05, 0) is 13.0 Å². The van der Waals surface area contributed by atoms with Crippen molar-refractivity contribution in [1.82, 2.24) is 4.98 Å². The lowest BCUT2D eigenvalue weighted by molar-refractivity contribution is 0.631. The number of anilines is 1. The molecule has 0 fully saturated rings. The van der Waals surface area contributed by atoms with Gasteiger partial charge >= 0.3 is 0 Å². The molecule has 2 nitrogen and oxygen atoms in total. The van der Waals surface area contributed by atoms with E-state index < -0.39 is 0 Å². The number of nitrogens with zero attached hydrogens (tertiary/aromatic N) is 1. The standard InChI is InChI=1S/C11H11FN2S/c1-7-10(15-11(13-2)14-7)8-5-3-4-6-9(8)12/h3-6H,1-2H3,(H,13,14). The van der Waals surface area contributed by atoms with E-state index in [-0.39, 0.29) is 5.82 Å². The van der Waals surface area contributed by atoms with Crippen LogP contribution in [0.2, 0.25) is 0 Å². The summed E-state index contributed by atoms with van der Waals surface area (Å²) in [5, 5.41) is 3.77. The normalized spacial score (nSPS) is 10.3. The second kappa shape index (κ2) is 3.98. The summed E-state index contributed by atoms with van der Waals surface area (Å²) in [7, 11) is 1.81. The van der Waals surface area contributed by atoms with Crippen LogP contribution in [-0.4, -0.2) is 12.0 Å². The van der Waals surface area contributed by atoms with E-state index in [2.05, 4.69) is 10.3 Å². The first kappa shape index (κ1) is 10.1. The molecule has 0 bridgehead atoms. The van der Waals surface area contributed by atoms with Crippen molar-refractivity contribution in [3.8, 4) is 10.4 Å². The van der Waals surface area contributed by atoms with E-state index in [1.165, 1.54) is 17.4 Å². The zero-order valence-electron chi connectivity index (χ0n) is 8.54. The lowest BCUT2D eigenvalue weighted by Gasteiger charge is -1.99. The van der Waals surface area contributed by atoms with E-state index in [9.17, 15) is 4.39 Å².